The number of nitrogens with zero attached hydrogens (tertiary/aromatic N) is 1. The van der Waals surface area contributed by atoms with Crippen molar-refractivity contribution in [3.05, 3.63) is 12.7 Å². The van der Waals surface area contributed by atoms with E-state index >= 15 is 0 Å². The molecule has 4 heteroatoms. The molecule has 0 aromatic rings. The van der Waals surface area contributed by atoms with Crippen molar-refractivity contribution in [3.8, 4) is 0 Å². The third-order valence-corrected chi connectivity index (χ3v) is 2.39. The molecule has 1 unspecified atom stereocenters. The Bertz CT molecular complexity index is 229. The van der Waals surface area contributed by atoms with E-state index in [0.717, 1.165) is 6.42 Å². The van der Waals surface area contributed by atoms with Crippen LogP contribution in [-0.2, 0) is 9.53 Å². The Morgan fingerprint density at radius 3 is 2.59 bits per heavy atom. The Labute approximate surface area is 104 Å². The SMILES string of the molecule is C=CCC(=O)N(CCC)CCOC(O)C(C)C. The Hall–Kier alpha value is -0.870. The van der Waals surface area contributed by atoms with Gasteiger partial charge in [0.25, 0.3) is 0 Å². The van der Waals surface area contributed by atoms with Gasteiger partial charge in [0.2, 0.25) is 5.91 Å². The van der Waals surface area contributed by atoms with Crippen molar-refractivity contribution in [2.45, 2.75) is 39.9 Å². The molecule has 0 aliphatic heterocycles. The van der Waals surface area contributed by atoms with Crippen LogP contribution in [0.5, 0.6) is 0 Å². The lowest BCUT2D eigenvalue weighted by molar-refractivity contribution is -0.141. The minimum absolute atomic E-state index is 0.0597. The van der Waals surface area contributed by atoms with Gasteiger partial charge in [-0.25, -0.2) is 0 Å². The smallest absolute Gasteiger partial charge is 0.226 e. The first-order valence-corrected chi connectivity index (χ1v) is 6.21. The van der Waals surface area contributed by atoms with E-state index in [1.54, 1.807) is 11.0 Å². The monoisotopic (exact) mass is 243 g/mol. The molecule has 4 nitrogen and oxygen atoms in total. The lowest BCUT2D eigenvalue weighted by atomic mass is 10.2. The zero-order valence-electron chi connectivity index (χ0n) is 11.2. The lowest BCUT2D eigenvalue weighted by Crippen LogP contribution is -2.35. The van der Waals surface area contributed by atoms with Crippen molar-refractivity contribution in [1.82, 2.24) is 4.90 Å². The molecule has 0 aromatic heterocycles. The predicted molar refractivity (Wildman–Crippen MR) is 68.5 cm³/mol. The molecule has 0 heterocycles. The summed E-state index contributed by atoms with van der Waals surface area (Å²) in [6.07, 6.45) is 2.12. The van der Waals surface area contributed by atoms with Crippen LogP contribution in [0.2, 0.25) is 0 Å². The van der Waals surface area contributed by atoms with Gasteiger partial charge >= 0.3 is 0 Å². The summed E-state index contributed by atoms with van der Waals surface area (Å²) in [5.74, 6) is 0.128. The summed E-state index contributed by atoms with van der Waals surface area (Å²) >= 11 is 0. The van der Waals surface area contributed by atoms with Crippen molar-refractivity contribution in [2.24, 2.45) is 5.92 Å². The highest BCUT2D eigenvalue weighted by molar-refractivity contribution is 5.77. The summed E-state index contributed by atoms with van der Waals surface area (Å²) in [4.78, 5) is 13.4. The van der Waals surface area contributed by atoms with E-state index < -0.39 is 6.29 Å². The van der Waals surface area contributed by atoms with Crippen molar-refractivity contribution in [1.29, 1.82) is 0 Å². The average molecular weight is 243 g/mol. The van der Waals surface area contributed by atoms with Gasteiger partial charge in [-0.3, -0.25) is 4.79 Å². The van der Waals surface area contributed by atoms with Gasteiger partial charge in [-0.15, -0.1) is 6.58 Å². The van der Waals surface area contributed by atoms with Crippen LogP contribution in [0, 0.1) is 5.92 Å². The third kappa shape index (κ3) is 7.13. The van der Waals surface area contributed by atoms with Gasteiger partial charge in [-0.2, -0.15) is 0 Å². The Balaban J connectivity index is 4.00. The fourth-order valence-corrected chi connectivity index (χ4v) is 1.36. The quantitative estimate of drug-likeness (QED) is 0.496. The molecule has 0 spiro atoms. The van der Waals surface area contributed by atoms with E-state index in [2.05, 4.69) is 6.58 Å². The molecule has 0 rings (SSSR count). The van der Waals surface area contributed by atoms with Crippen molar-refractivity contribution in [2.75, 3.05) is 19.7 Å². The summed E-state index contributed by atoms with van der Waals surface area (Å²) in [5.41, 5.74) is 0. The maximum absolute atomic E-state index is 11.7. The topological polar surface area (TPSA) is 49.8 Å². The molecule has 0 bridgehead atoms. The number of amides is 1. The van der Waals surface area contributed by atoms with Gasteiger partial charge in [0.15, 0.2) is 6.29 Å². The maximum atomic E-state index is 11.7. The number of aliphatic hydroxyl groups excluding tert-OH is 1. The fraction of sp³-hybridized carbons (Fsp3) is 0.769. The second-order valence-corrected chi connectivity index (χ2v) is 4.38. The average Bonchev–Trinajstić information content (AvgIpc) is 2.27. The number of ether oxygens (including phenoxy) is 1. The van der Waals surface area contributed by atoms with Crippen LogP contribution in [0.3, 0.4) is 0 Å². The summed E-state index contributed by atoms with van der Waals surface area (Å²) < 4.78 is 5.24. The van der Waals surface area contributed by atoms with Gasteiger partial charge < -0.3 is 14.7 Å². The predicted octanol–water partition coefficient (Wildman–Crippen LogP) is 1.79. The maximum Gasteiger partial charge on any atom is 0.226 e. The molecule has 0 aliphatic carbocycles. The number of hydrogen-bond donors (Lipinski definition) is 1. The summed E-state index contributed by atoms with van der Waals surface area (Å²) in [7, 11) is 0. The van der Waals surface area contributed by atoms with Gasteiger partial charge in [0.05, 0.1) is 6.61 Å². The zero-order valence-corrected chi connectivity index (χ0v) is 11.2. The molecule has 1 atom stereocenters. The first-order chi connectivity index (χ1) is 8.02. The normalized spacial score (nSPS) is 12.5. The van der Waals surface area contributed by atoms with Crippen LogP contribution in [0.1, 0.15) is 33.6 Å². The van der Waals surface area contributed by atoms with E-state index in [9.17, 15) is 9.90 Å². The number of hydrogen-bond acceptors (Lipinski definition) is 3. The number of aliphatic hydroxyl groups is 1. The highest BCUT2D eigenvalue weighted by atomic mass is 16.6. The van der Waals surface area contributed by atoms with Gasteiger partial charge in [-0.05, 0) is 6.42 Å². The molecule has 0 radical (unpaired) electrons. The molecule has 1 N–H and O–H groups in total. The van der Waals surface area contributed by atoms with Gasteiger partial charge in [-0.1, -0.05) is 26.8 Å². The molecular formula is C13H25NO3. The molecule has 0 aliphatic rings. The van der Waals surface area contributed by atoms with Crippen LogP contribution in [-0.4, -0.2) is 41.9 Å². The molecule has 17 heavy (non-hydrogen) atoms. The van der Waals surface area contributed by atoms with E-state index in [1.165, 1.54) is 0 Å². The highest BCUT2D eigenvalue weighted by Crippen LogP contribution is 2.03. The standard InChI is InChI=1S/C13H25NO3/c1-5-7-12(15)14(8-6-2)9-10-17-13(16)11(3)4/h5,11,13,16H,1,6-10H2,2-4H3. The Kier molecular flexibility index (Phi) is 8.72. The van der Waals surface area contributed by atoms with Crippen LogP contribution < -0.4 is 0 Å². The van der Waals surface area contributed by atoms with E-state index in [0.29, 0.717) is 26.1 Å². The first kappa shape index (κ1) is 16.1. The largest absolute Gasteiger partial charge is 0.368 e. The molecule has 0 fully saturated rings. The second kappa shape index (κ2) is 9.19. The first-order valence-electron chi connectivity index (χ1n) is 6.21. The second-order valence-electron chi connectivity index (χ2n) is 4.38. The molecule has 0 saturated heterocycles. The molecule has 0 aromatic carbocycles. The van der Waals surface area contributed by atoms with E-state index in [-0.39, 0.29) is 11.8 Å². The summed E-state index contributed by atoms with van der Waals surface area (Å²) in [6, 6.07) is 0. The Morgan fingerprint density at radius 2 is 2.12 bits per heavy atom. The van der Waals surface area contributed by atoms with Crippen LogP contribution in [0.15, 0.2) is 12.7 Å². The number of rotatable bonds is 9. The minimum Gasteiger partial charge on any atom is -0.368 e. The molecule has 1 amide bonds. The van der Waals surface area contributed by atoms with Crippen molar-refractivity contribution < 1.29 is 14.6 Å². The van der Waals surface area contributed by atoms with Crippen LogP contribution >= 0.6 is 0 Å². The van der Waals surface area contributed by atoms with Crippen LogP contribution in [0.25, 0.3) is 0 Å². The van der Waals surface area contributed by atoms with Crippen molar-refractivity contribution in [3.63, 3.8) is 0 Å². The molecule has 100 valence electrons. The van der Waals surface area contributed by atoms with Crippen LogP contribution in [0.4, 0.5) is 0 Å². The number of carbonyl (C=O) groups is 1. The van der Waals surface area contributed by atoms with Crippen molar-refractivity contribution >= 4 is 5.91 Å². The highest BCUT2D eigenvalue weighted by Gasteiger charge is 2.13. The molecule has 0 saturated carbocycles. The van der Waals surface area contributed by atoms with E-state index in [1.807, 2.05) is 20.8 Å². The Morgan fingerprint density at radius 1 is 1.47 bits per heavy atom. The lowest BCUT2D eigenvalue weighted by Gasteiger charge is -2.23. The number of carbonyl (C=O) groups excluding carboxylic acids is 1. The van der Waals surface area contributed by atoms with Gasteiger partial charge in [0, 0.05) is 25.4 Å². The van der Waals surface area contributed by atoms with E-state index in [4.69, 9.17) is 4.74 Å². The zero-order chi connectivity index (χ0) is 13.3. The summed E-state index contributed by atoms with van der Waals surface area (Å²) in [5, 5.41) is 9.47. The minimum atomic E-state index is -0.756. The summed E-state index contributed by atoms with van der Waals surface area (Å²) in [6.45, 7) is 11.0. The van der Waals surface area contributed by atoms with Gasteiger partial charge in [0.1, 0.15) is 0 Å². The third-order valence-electron chi connectivity index (χ3n) is 2.39. The molecular weight excluding hydrogens is 218 g/mol. The fourth-order valence-electron chi connectivity index (χ4n) is 1.36.